The van der Waals surface area contributed by atoms with Crippen molar-refractivity contribution in [2.24, 2.45) is 0 Å². The molecule has 1 aliphatic rings. The quantitative estimate of drug-likeness (QED) is 0.558. The Morgan fingerprint density at radius 2 is 1.74 bits per heavy atom. The van der Waals surface area contributed by atoms with Gasteiger partial charge in [0.2, 0.25) is 5.91 Å². The summed E-state index contributed by atoms with van der Waals surface area (Å²) >= 11 is 0. The van der Waals surface area contributed by atoms with Gasteiger partial charge in [-0.1, -0.05) is 30.3 Å². The summed E-state index contributed by atoms with van der Waals surface area (Å²) in [7, 11) is 0. The molecule has 0 spiro atoms. The van der Waals surface area contributed by atoms with Crippen LogP contribution in [0.3, 0.4) is 0 Å². The Labute approximate surface area is 181 Å². The van der Waals surface area contributed by atoms with Gasteiger partial charge < -0.3 is 18.6 Å². The summed E-state index contributed by atoms with van der Waals surface area (Å²) in [5.41, 5.74) is 1.75. The van der Waals surface area contributed by atoms with Crippen LogP contribution < -0.4 is 0 Å². The zero-order chi connectivity index (χ0) is 21.5. The van der Waals surface area contributed by atoms with Crippen molar-refractivity contribution < 1.29 is 18.4 Å². The van der Waals surface area contributed by atoms with Crippen molar-refractivity contribution in [3.05, 3.63) is 84.2 Å². The van der Waals surface area contributed by atoms with Gasteiger partial charge in [0.25, 0.3) is 5.91 Å². The molecule has 0 radical (unpaired) electrons. The molecule has 3 heterocycles. The molecule has 0 unspecified atom stereocenters. The fourth-order valence-electron chi connectivity index (χ4n) is 3.80. The highest BCUT2D eigenvalue weighted by Crippen LogP contribution is 2.14. The number of carbonyl (C=O) groups excluding carboxylic acids is 2. The molecule has 0 aliphatic carbocycles. The Bertz CT molecular complexity index is 946. The number of hydrogen-bond acceptors (Lipinski definition) is 5. The van der Waals surface area contributed by atoms with Crippen molar-refractivity contribution in [1.82, 2.24) is 14.7 Å². The average molecular weight is 421 g/mol. The second-order valence-corrected chi connectivity index (χ2v) is 7.71. The maximum atomic E-state index is 12.8. The number of benzene rings is 1. The summed E-state index contributed by atoms with van der Waals surface area (Å²) < 4.78 is 10.4. The Morgan fingerprint density at radius 1 is 0.935 bits per heavy atom. The van der Waals surface area contributed by atoms with Crippen LogP contribution in [-0.2, 0) is 17.9 Å². The highest BCUT2D eigenvalue weighted by Gasteiger charge is 2.24. The molecule has 0 saturated carbocycles. The maximum Gasteiger partial charge on any atom is 0.257 e. The molecule has 1 saturated heterocycles. The first kappa shape index (κ1) is 20.9. The van der Waals surface area contributed by atoms with E-state index in [1.807, 2.05) is 17.0 Å². The van der Waals surface area contributed by atoms with E-state index in [1.165, 1.54) is 18.1 Å². The zero-order valence-corrected chi connectivity index (χ0v) is 17.5. The predicted molar refractivity (Wildman–Crippen MR) is 115 cm³/mol. The molecule has 4 rings (SSSR count). The van der Waals surface area contributed by atoms with E-state index in [2.05, 4.69) is 29.2 Å². The van der Waals surface area contributed by atoms with Crippen LogP contribution in [0.5, 0.6) is 0 Å². The molecule has 162 valence electrons. The lowest BCUT2D eigenvalue weighted by atomic mass is 10.2. The molecule has 2 aromatic heterocycles. The molecule has 2 amide bonds. The van der Waals surface area contributed by atoms with Gasteiger partial charge in [-0.15, -0.1) is 0 Å². The average Bonchev–Trinajstić information content (AvgIpc) is 3.51. The summed E-state index contributed by atoms with van der Waals surface area (Å²) in [4.78, 5) is 31.5. The lowest BCUT2D eigenvalue weighted by molar-refractivity contribution is -0.133. The Balaban J connectivity index is 1.29. The van der Waals surface area contributed by atoms with E-state index in [0.29, 0.717) is 37.5 Å². The molecule has 0 bridgehead atoms. The number of piperazine rings is 1. The van der Waals surface area contributed by atoms with Crippen LogP contribution in [0, 0.1) is 0 Å². The fourth-order valence-corrected chi connectivity index (χ4v) is 3.80. The number of nitrogens with zero attached hydrogens (tertiary/aromatic N) is 3. The SMILES string of the molecule is O=C(CCN(Cc1ccco1)C(=O)c1ccoc1)N1CCN(Cc2ccccc2)CC1. The van der Waals surface area contributed by atoms with Crippen LogP contribution in [0.1, 0.15) is 28.1 Å². The van der Waals surface area contributed by atoms with Crippen LogP contribution in [-0.4, -0.2) is 59.2 Å². The minimum Gasteiger partial charge on any atom is -0.472 e. The van der Waals surface area contributed by atoms with Crippen LogP contribution in [0.2, 0.25) is 0 Å². The fraction of sp³-hybridized carbons (Fsp3) is 0.333. The van der Waals surface area contributed by atoms with Crippen molar-refractivity contribution in [3.8, 4) is 0 Å². The normalized spacial score (nSPS) is 14.5. The van der Waals surface area contributed by atoms with Gasteiger partial charge in [-0.3, -0.25) is 14.5 Å². The molecule has 3 aromatic rings. The van der Waals surface area contributed by atoms with Gasteiger partial charge in [-0.2, -0.15) is 0 Å². The smallest absolute Gasteiger partial charge is 0.257 e. The monoisotopic (exact) mass is 421 g/mol. The van der Waals surface area contributed by atoms with Crippen molar-refractivity contribution >= 4 is 11.8 Å². The van der Waals surface area contributed by atoms with E-state index >= 15 is 0 Å². The van der Waals surface area contributed by atoms with E-state index < -0.39 is 0 Å². The first-order valence-corrected chi connectivity index (χ1v) is 10.6. The topological polar surface area (TPSA) is 70.1 Å². The summed E-state index contributed by atoms with van der Waals surface area (Å²) in [6, 6.07) is 15.6. The Hall–Kier alpha value is -3.32. The van der Waals surface area contributed by atoms with Crippen molar-refractivity contribution in [3.63, 3.8) is 0 Å². The van der Waals surface area contributed by atoms with E-state index in [4.69, 9.17) is 8.83 Å². The van der Waals surface area contributed by atoms with Gasteiger partial charge in [-0.25, -0.2) is 0 Å². The van der Waals surface area contributed by atoms with E-state index in [9.17, 15) is 9.59 Å². The predicted octanol–water partition coefficient (Wildman–Crippen LogP) is 3.25. The van der Waals surface area contributed by atoms with Crippen LogP contribution in [0.15, 0.2) is 76.2 Å². The summed E-state index contributed by atoms with van der Waals surface area (Å²) in [6.45, 7) is 4.66. The zero-order valence-electron chi connectivity index (χ0n) is 17.5. The minimum absolute atomic E-state index is 0.0730. The van der Waals surface area contributed by atoms with Gasteiger partial charge in [-0.05, 0) is 23.8 Å². The third kappa shape index (κ3) is 5.64. The van der Waals surface area contributed by atoms with Crippen LogP contribution in [0.4, 0.5) is 0 Å². The van der Waals surface area contributed by atoms with Crippen LogP contribution >= 0.6 is 0 Å². The van der Waals surface area contributed by atoms with Gasteiger partial charge in [0.15, 0.2) is 0 Å². The molecule has 1 fully saturated rings. The highest BCUT2D eigenvalue weighted by atomic mass is 16.3. The highest BCUT2D eigenvalue weighted by molar-refractivity contribution is 5.94. The third-order valence-electron chi connectivity index (χ3n) is 5.55. The molecular formula is C24H27N3O4. The molecule has 1 aliphatic heterocycles. The Morgan fingerprint density at radius 3 is 2.42 bits per heavy atom. The molecular weight excluding hydrogens is 394 g/mol. The number of rotatable bonds is 8. The van der Waals surface area contributed by atoms with Crippen molar-refractivity contribution in [2.45, 2.75) is 19.5 Å². The summed E-state index contributed by atoms with van der Waals surface area (Å²) in [5.74, 6) is 0.577. The molecule has 1 aromatic carbocycles. The van der Waals surface area contributed by atoms with Gasteiger partial charge in [0.1, 0.15) is 12.0 Å². The number of amides is 2. The summed E-state index contributed by atoms with van der Waals surface area (Å²) in [6.07, 6.45) is 4.75. The minimum atomic E-state index is -0.175. The van der Waals surface area contributed by atoms with Gasteiger partial charge in [0, 0.05) is 45.7 Å². The summed E-state index contributed by atoms with van der Waals surface area (Å²) in [5, 5.41) is 0. The van der Waals surface area contributed by atoms with Crippen molar-refractivity contribution in [2.75, 3.05) is 32.7 Å². The molecule has 7 heteroatoms. The first-order chi connectivity index (χ1) is 15.2. The third-order valence-corrected chi connectivity index (χ3v) is 5.55. The number of hydrogen-bond donors (Lipinski definition) is 0. The van der Waals surface area contributed by atoms with E-state index in [-0.39, 0.29) is 18.2 Å². The number of carbonyl (C=O) groups is 2. The van der Waals surface area contributed by atoms with E-state index in [1.54, 1.807) is 23.3 Å². The largest absolute Gasteiger partial charge is 0.472 e. The second-order valence-electron chi connectivity index (χ2n) is 7.71. The van der Waals surface area contributed by atoms with Crippen LogP contribution in [0.25, 0.3) is 0 Å². The molecule has 0 atom stereocenters. The van der Waals surface area contributed by atoms with Gasteiger partial charge in [0.05, 0.1) is 24.6 Å². The maximum absolute atomic E-state index is 12.8. The van der Waals surface area contributed by atoms with Gasteiger partial charge >= 0.3 is 0 Å². The Kier molecular flexibility index (Phi) is 6.84. The molecule has 0 N–H and O–H groups in total. The first-order valence-electron chi connectivity index (χ1n) is 10.6. The molecule has 31 heavy (non-hydrogen) atoms. The lowest BCUT2D eigenvalue weighted by Gasteiger charge is -2.35. The second kappa shape index (κ2) is 10.1. The van der Waals surface area contributed by atoms with Crippen molar-refractivity contribution in [1.29, 1.82) is 0 Å². The lowest BCUT2D eigenvalue weighted by Crippen LogP contribution is -2.49. The molecule has 7 nitrogen and oxygen atoms in total. The number of furan rings is 2. The standard InChI is InChI=1S/C24H27N3O4/c28-23(26-13-11-25(12-14-26)17-20-5-2-1-3-6-20)8-10-27(18-22-7-4-15-31-22)24(29)21-9-16-30-19-21/h1-7,9,15-16,19H,8,10-14,17-18H2. The van der Waals surface area contributed by atoms with E-state index in [0.717, 1.165) is 19.6 Å².